The number of ether oxygens (including phenoxy) is 3. The number of hydrogen-bond acceptors (Lipinski definition) is 7. The summed E-state index contributed by atoms with van der Waals surface area (Å²) in [7, 11) is 1.53. The van der Waals surface area contributed by atoms with Crippen molar-refractivity contribution in [3.63, 3.8) is 0 Å². The van der Waals surface area contributed by atoms with Crippen LogP contribution in [0.15, 0.2) is 23.1 Å². The number of methoxy groups -OCH3 is 1. The molecule has 0 radical (unpaired) electrons. The molecule has 1 atom stereocenters. The first-order valence-corrected chi connectivity index (χ1v) is 9.47. The lowest BCUT2D eigenvalue weighted by molar-refractivity contribution is -0.150. The van der Waals surface area contributed by atoms with E-state index in [1.54, 1.807) is 31.2 Å². The van der Waals surface area contributed by atoms with Crippen LogP contribution in [0, 0.1) is 0 Å². The molecular weight excluding hydrogens is 370 g/mol. The average Bonchev–Trinajstić information content (AvgIpc) is 2.90. The Bertz CT molecular complexity index is 761. The van der Waals surface area contributed by atoms with E-state index < -0.39 is 23.7 Å². The molecule has 1 aromatic carbocycles. The number of amides is 2. The molecule has 146 valence electrons. The highest BCUT2D eigenvalue weighted by Crippen LogP contribution is 2.37. The minimum atomic E-state index is -0.607. The Morgan fingerprint density at radius 1 is 1.30 bits per heavy atom. The molecule has 0 spiro atoms. The van der Waals surface area contributed by atoms with Gasteiger partial charge in [-0.2, -0.15) is 0 Å². The number of carbonyl (C=O) groups excluding carboxylic acids is 3. The topological polar surface area (TPSA) is 82.1 Å². The molecule has 1 aliphatic rings. The van der Waals surface area contributed by atoms with Gasteiger partial charge in [0.05, 0.1) is 24.7 Å². The summed E-state index contributed by atoms with van der Waals surface area (Å²) in [6, 6.07) is 5.28. The van der Waals surface area contributed by atoms with Crippen molar-refractivity contribution in [2.24, 2.45) is 0 Å². The van der Waals surface area contributed by atoms with E-state index in [1.807, 2.05) is 13.8 Å². The molecule has 0 bridgehead atoms. The van der Waals surface area contributed by atoms with Crippen LogP contribution < -0.4 is 9.47 Å². The molecule has 1 aromatic rings. The SMILES string of the molecule is CCOc1c(/C=C2/SC(=O)N(CC(=O)O[C@H](C)CC)C2=O)cccc1OC. The van der Waals surface area contributed by atoms with Crippen LogP contribution in [0.3, 0.4) is 0 Å². The van der Waals surface area contributed by atoms with E-state index in [-0.39, 0.29) is 11.0 Å². The fraction of sp³-hybridized carbons (Fsp3) is 0.421. The zero-order valence-corrected chi connectivity index (χ0v) is 16.6. The molecule has 0 N–H and O–H groups in total. The molecule has 1 fully saturated rings. The van der Waals surface area contributed by atoms with Gasteiger partial charge in [-0.1, -0.05) is 19.1 Å². The van der Waals surface area contributed by atoms with Crippen molar-refractivity contribution in [2.75, 3.05) is 20.3 Å². The van der Waals surface area contributed by atoms with Crippen molar-refractivity contribution in [1.82, 2.24) is 4.90 Å². The van der Waals surface area contributed by atoms with Gasteiger partial charge in [0.15, 0.2) is 11.5 Å². The van der Waals surface area contributed by atoms with Gasteiger partial charge in [0, 0.05) is 5.56 Å². The summed E-state index contributed by atoms with van der Waals surface area (Å²) in [6.45, 7) is 5.49. The van der Waals surface area contributed by atoms with Crippen LogP contribution >= 0.6 is 11.8 Å². The zero-order valence-electron chi connectivity index (χ0n) is 15.8. The maximum Gasteiger partial charge on any atom is 0.326 e. The van der Waals surface area contributed by atoms with Crippen molar-refractivity contribution in [3.05, 3.63) is 28.7 Å². The number of nitrogens with zero attached hydrogens (tertiary/aromatic N) is 1. The van der Waals surface area contributed by atoms with E-state index in [9.17, 15) is 14.4 Å². The van der Waals surface area contributed by atoms with Gasteiger partial charge in [0.25, 0.3) is 11.1 Å². The Morgan fingerprint density at radius 2 is 2.04 bits per heavy atom. The van der Waals surface area contributed by atoms with Crippen LogP contribution in [0.2, 0.25) is 0 Å². The fourth-order valence-corrected chi connectivity index (χ4v) is 3.19. The van der Waals surface area contributed by atoms with Crippen LogP contribution in [0.25, 0.3) is 6.08 Å². The molecule has 0 aliphatic carbocycles. The standard InChI is InChI=1S/C19H23NO6S/c1-5-12(3)26-16(21)11-20-18(22)15(27-19(20)23)10-13-8-7-9-14(24-4)17(13)25-6-2/h7-10,12H,5-6,11H2,1-4H3/b15-10+/t12-/m1/s1. The number of esters is 1. The van der Waals surface area contributed by atoms with Crippen LogP contribution in [0.5, 0.6) is 11.5 Å². The molecule has 2 rings (SSSR count). The first-order valence-electron chi connectivity index (χ1n) is 8.65. The summed E-state index contributed by atoms with van der Waals surface area (Å²) in [5.74, 6) is -0.118. The molecule has 0 aromatic heterocycles. The Labute approximate surface area is 162 Å². The summed E-state index contributed by atoms with van der Waals surface area (Å²) >= 11 is 0.778. The quantitative estimate of drug-likeness (QED) is 0.494. The Kier molecular flexibility index (Phi) is 7.29. The summed E-state index contributed by atoms with van der Waals surface area (Å²) in [6.07, 6.45) is 1.96. The highest BCUT2D eigenvalue weighted by Gasteiger charge is 2.37. The van der Waals surface area contributed by atoms with E-state index in [4.69, 9.17) is 14.2 Å². The number of thioether (sulfide) groups is 1. The van der Waals surface area contributed by atoms with E-state index in [2.05, 4.69) is 0 Å². The lowest BCUT2D eigenvalue weighted by Gasteiger charge is -2.15. The lowest BCUT2D eigenvalue weighted by Crippen LogP contribution is -2.35. The third-order valence-corrected chi connectivity index (χ3v) is 4.78. The number of rotatable bonds is 8. The van der Waals surface area contributed by atoms with Gasteiger partial charge in [-0.25, -0.2) is 0 Å². The molecule has 1 heterocycles. The second-order valence-electron chi connectivity index (χ2n) is 5.79. The predicted octanol–water partition coefficient (Wildman–Crippen LogP) is 3.47. The van der Waals surface area contributed by atoms with Crippen molar-refractivity contribution in [3.8, 4) is 11.5 Å². The van der Waals surface area contributed by atoms with Crippen molar-refractivity contribution >= 4 is 35.0 Å². The number of para-hydroxylation sites is 1. The molecule has 8 heteroatoms. The highest BCUT2D eigenvalue weighted by atomic mass is 32.2. The summed E-state index contributed by atoms with van der Waals surface area (Å²) < 4.78 is 16.0. The normalized spacial score (nSPS) is 16.6. The van der Waals surface area contributed by atoms with E-state index in [0.717, 1.165) is 16.7 Å². The van der Waals surface area contributed by atoms with Gasteiger partial charge in [-0.05, 0) is 44.2 Å². The molecule has 1 aliphatic heterocycles. The van der Waals surface area contributed by atoms with Gasteiger partial charge in [-0.3, -0.25) is 19.3 Å². The first-order chi connectivity index (χ1) is 12.9. The van der Waals surface area contributed by atoms with Crippen molar-refractivity contribution in [1.29, 1.82) is 0 Å². The maximum atomic E-state index is 12.6. The molecule has 0 unspecified atom stereocenters. The van der Waals surface area contributed by atoms with E-state index >= 15 is 0 Å². The second kappa shape index (κ2) is 9.45. The smallest absolute Gasteiger partial charge is 0.326 e. The average molecular weight is 393 g/mol. The van der Waals surface area contributed by atoms with Crippen LogP contribution in [0.1, 0.15) is 32.8 Å². The highest BCUT2D eigenvalue weighted by molar-refractivity contribution is 8.18. The molecule has 2 amide bonds. The van der Waals surface area contributed by atoms with Gasteiger partial charge >= 0.3 is 5.97 Å². The molecule has 0 saturated carbocycles. The third kappa shape index (κ3) is 5.03. The van der Waals surface area contributed by atoms with Crippen LogP contribution in [0.4, 0.5) is 4.79 Å². The molecule has 7 nitrogen and oxygen atoms in total. The maximum absolute atomic E-state index is 12.6. The third-order valence-electron chi connectivity index (χ3n) is 3.87. The Hall–Kier alpha value is -2.48. The fourth-order valence-electron chi connectivity index (χ4n) is 2.36. The number of hydrogen-bond donors (Lipinski definition) is 0. The van der Waals surface area contributed by atoms with Gasteiger partial charge in [-0.15, -0.1) is 0 Å². The van der Waals surface area contributed by atoms with Gasteiger partial charge < -0.3 is 14.2 Å². The van der Waals surface area contributed by atoms with E-state index in [1.165, 1.54) is 7.11 Å². The van der Waals surface area contributed by atoms with E-state index in [0.29, 0.717) is 30.1 Å². The zero-order chi connectivity index (χ0) is 20.0. The monoisotopic (exact) mass is 393 g/mol. The lowest BCUT2D eigenvalue weighted by atomic mass is 10.1. The Morgan fingerprint density at radius 3 is 2.67 bits per heavy atom. The summed E-state index contributed by atoms with van der Waals surface area (Å²) in [5, 5.41) is -0.506. The van der Waals surface area contributed by atoms with Gasteiger partial charge in [0.2, 0.25) is 0 Å². The first kappa shape index (κ1) is 20.8. The van der Waals surface area contributed by atoms with Crippen molar-refractivity contribution < 1.29 is 28.6 Å². The predicted molar refractivity (Wildman–Crippen MR) is 103 cm³/mol. The van der Waals surface area contributed by atoms with Crippen LogP contribution in [-0.2, 0) is 14.3 Å². The Balaban J connectivity index is 2.22. The minimum Gasteiger partial charge on any atom is -0.493 e. The number of benzene rings is 1. The molecule has 1 saturated heterocycles. The molecular formula is C19H23NO6S. The minimum absolute atomic E-state index is 0.213. The second-order valence-corrected chi connectivity index (χ2v) is 6.78. The van der Waals surface area contributed by atoms with Crippen molar-refractivity contribution in [2.45, 2.75) is 33.3 Å². The largest absolute Gasteiger partial charge is 0.493 e. The van der Waals surface area contributed by atoms with Crippen LogP contribution in [-0.4, -0.2) is 48.4 Å². The number of carbonyl (C=O) groups is 3. The summed E-state index contributed by atoms with van der Waals surface area (Å²) in [4.78, 5) is 37.8. The summed E-state index contributed by atoms with van der Waals surface area (Å²) in [5.41, 5.74) is 0.615. The number of imide groups is 1. The molecule has 27 heavy (non-hydrogen) atoms. The van der Waals surface area contributed by atoms with Gasteiger partial charge in [0.1, 0.15) is 6.54 Å².